The van der Waals surface area contributed by atoms with E-state index in [-0.39, 0.29) is 15.9 Å². The summed E-state index contributed by atoms with van der Waals surface area (Å²) >= 11 is 6.34. The van der Waals surface area contributed by atoms with Crippen LogP contribution in [0.15, 0.2) is 18.2 Å². The van der Waals surface area contributed by atoms with Crippen LogP contribution in [-0.4, -0.2) is 27.2 Å². The van der Waals surface area contributed by atoms with Crippen molar-refractivity contribution in [2.75, 3.05) is 5.75 Å². The second kappa shape index (κ2) is 6.80. The lowest BCUT2D eigenvalue weighted by Crippen LogP contribution is -2.24. The van der Waals surface area contributed by atoms with Gasteiger partial charge in [0.05, 0.1) is 11.7 Å². The zero-order chi connectivity index (χ0) is 15.5. The second-order valence-corrected chi connectivity index (χ2v) is 5.68. The summed E-state index contributed by atoms with van der Waals surface area (Å²) in [5.41, 5.74) is -1.58. The van der Waals surface area contributed by atoms with Crippen molar-refractivity contribution in [3.8, 4) is 0 Å². The molecule has 2 atom stereocenters. The topological polar surface area (TPSA) is 57.5 Å². The van der Waals surface area contributed by atoms with E-state index in [1.165, 1.54) is 6.92 Å². The van der Waals surface area contributed by atoms with Crippen molar-refractivity contribution in [3.05, 3.63) is 34.3 Å². The molecule has 0 saturated heterocycles. The van der Waals surface area contributed by atoms with E-state index >= 15 is 0 Å². The van der Waals surface area contributed by atoms with Gasteiger partial charge >= 0.3 is 6.18 Å². The van der Waals surface area contributed by atoms with Crippen molar-refractivity contribution < 1.29 is 28.2 Å². The molecule has 0 saturated carbocycles. The first-order valence-corrected chi connectivity index (χ1v) is 6.85. The third-order valence-electron chi connectivity index (χ3n) is 2.46. The third kappa shape index (κ3) is 4.66. The molecular weight excluding hydrogens is 317 g/mol. The zero-order valence-corrected chi connectivity index (χ0v) is 11.9. The van der Waals surface area contributed by atoms with Crippen LogP contribution in [0.2, 0.25) is 5.02 Å². The van der Waals surface area contributed by atoms with Crippen molar-refractivity contribution in [2.24, 2.45) is 0 Å². The van der Waals surface area contributed by atoms with E-state index in [9.17, 15) is 28.2 Å². The maximum atomic E-state index is 12.8. The average Bonchev–Trinajstić information content (AvgIpc) is 2.33. The Hall–Kier alpha value is -0.760. The summed E-state index contributed by atoms with van der Waals surface area (Å²) in [6, 6.07) is 2.75. The lowest BCUT2D eigenvalue weighted by atomic mass is 9.99. The summed E-state index contributed by atoms with van der Waals surface area (Å²) in [5, 5.41) is 19.2. The van der Waals surface area contributed by atoms with Crippen LogP contribution >= 0.6 is 23.4 Å². The van der Waals surface area contributed by atoms with E-state index in [1.807, 2.05) is 0 Å². The molecule has 0 aromatic heterocycles. The van der Waals surface area contributed by atoms with Gasteiger partial charge in [-0.25, -0.2) is 0 Å². The molecule has 0 heterocycles. The van der Waals surface area contributed by atoms with Crippen molar-refractivity contribution in [1.29, 1.82) is 0 Å². The van der Waals surface area contributed by atoms with Gasteiger partial charge in [0.2, 0.25) is 0 Å². The molecule has 0 radical (unpaired) electrons. The third-order valence-corrected chi connectivity index (χ3v) is 3.61. The number of benzene rings is 1. The van der Waals surface area contributed by atoms with Crippen LogP contribution in [0, 0.1) is 0 Å². The van der Waals surface area contributed by atoms with Gasteiger partial charge in [0, 0.05) is 17.7 Å². The standard InChI is InChI=1S/C12H12ClF3O3S/c1-6(17)20-5-10(18)11(19)8-4-7(13)2-3-9(8)12(14,15)16/h2-4,10-11,18-19H,5H2,1H3. The fraction of sp³-hybridized carbons (Fsp3) is 0.417. The molecule has 0 aliphatic rings. The quantitative estimate of drug-likeness (QED) is 0.892. The average molecular weight is 329 g/mol. The van der Waals surface area contributed by atoms with Crippen LogP contribution in [-0.2, 0) is 11.0 Å². The minimum absolute atomic E-state index is 0.0125. The molecule has 0 aliphatic carbocycles. The fourth-order valence-corrected chi connectivity index (χ4v) is 2.31. The van der Waals surface area contributed by atoms with Gasteiger partial charge in [-0.2, -0.15) is 13.2 Å². The molecule has 20 heavy (non-hydrogen) atoms. The Labute approximate surface area is 122 Å². The van der Waals surface area contributed by atoms with Gasteiger partial charge in [-0.05, 0) is 23.8 Å². The summed E-state index contributed by atoms with van der Waals surface area (Å²) in [6.45, 7) is 1.25. The maximum absolute atomic E-state index is 12.8. The van der Waals surface area contributed by atoms with Crippen molar-refractivity contribution >= 4 is 28.5 Å². The lowest BCUT2D eigenvalue weighted by molar-refractivity contribution is -0.139. The number of hydrogen-bond donors (Lipinski definition) is 2. The number of aliphatic hydroxyl groups excluding tert-OH is 2. The number of carbonyl (C=O) groups excluding carboxylic acids is 1. The van der Waals surface area contributed by atoms with Crippen LogP contribution in [0.25, 0.3) is 0 Å². The van der Waals surface area contributed by atoms with E-state index in [0.717, 1.165) is 18.2 Å². The molecule has 1 aromatic rings. The Balaban J connectivity index is 3.04. The Morgan fingerprint density at radius 1 is 1.40 bits per heavy atom. The van der Waals surface area contributed by atoms with E-state index < -0.39 is 29.5 Å². The van der Waals surface area contributed by atoms with Gasteiger partial charge in [0.15, 0.2) is 5.12 Å². The maximum Gasteiger partial charge on any atom is 0.416 e. The minimum Gasteiger partial charge on any atom is -0.389 e. The van der Waals surface area contributed by atoms with Crippen LogP contribution in [0.1, 0.15) is 24.2 Å². The van der Waals surface area contributed by atoms with E-state index in [2.05, 4.69) is 0 Å². The Morgan fingerprint density at radius 2 is 2.00 bits per heavy atom. The molecule has 2 N–H and O–H groups in total. The lowest BCUT2D eigenvalue weighted by Gasteiger charge is -2.21. The highest BCUT2D eigenvalue weighted by atomic mass is 35.5. The van der Waals surface area contributed by atoms with Crippen LogP contribution in [0.5, 0.6) is 0 Å². The van der Waals surface area contributed by atoms with Gasteiger partial charge < -0.3 is 10.2 Å². The summed E-state index contributed by atoms with van der Waals surface area (Å²) in [5.74, 6) is -0.208. The molecule has 0 amide bonds. The highest BCUT2D eigenvalue weighted by Crippen LogP contribution is 2.37. The summed E-state index contributed by atoms with van der Waals surface area (Å²) in [4.78, 5) is 10.8. The molecule has 1 rings (SSSR count). The number of rotatable bonds is 4. The number of halogens is 4. The second-order valence-electron chi connectivity index (χ2n) is 4.04. The largest absolute Gasteiger partial charge is 0.416 e. The Bertz CT molecular complexity index is 493. The first-order chi connectivity index (χ1) is 9.12. The van der Waals surface area contributed by atoms with Crippen molar-refractivity contribution in [2.45, 2.75) is 25.3 Å². The Morgan fingerprint density at radius 3 is 2.50 bits per heavy atom. The predicted molar refractivity (Wildman–Crippen MR) is 70.6 cm³/mol. The van der Waals surface area contributed by atoms with Gasteiger partial charge in [0.1, 0.15) is 6.10 Å². The van der Waals surface area contributed by atoms with E-state index in [1.54, 1.807) is 0 Å². The molecule has 1 aromatic carbocycles. The first-order valence-electron chi connectivity index (χ1n) is 5.49. The minimum atomic E-state index is -4.67. The molecule has 8 heteroatoms. The predicted octanol–water partition coefficient (Wildman–Crippen LogP) is 3.03. The molecule has 3 nitrogen and oxygen atoms in total. The number of alkyl halides is 3. The van der Waals surface area contributed by atoms with Crippen LogP contribution in [0.3, 0.4) is 0 Å². The van der Waals surface area contributed by atoms with Crippen molar-refractivity contribution in [1.82, 2.24) is 0 Å². The molecular formula is C12H12ClF3O3S. The summed E-state index contributed by atoms with van der Waals surface area (Å²) in [7, 11) is 0. The normalized spacial score (nSPS) is 14.9. The number of aliphatic hydroxyl groups is 2. The molecule has 112 valence electrons. The molecule has 0 aliphatic heterocycles. The van der Waals surface area contributed by atoms with E-state index in [4.69, 9.17) is 11.6 Å². The van der Waals surface area contributed by atoms with Crippen molar-refractivity contribution in [3.63, 3.8) is 0 Å². The first kappa shape index (κ1) is 17.3. The van der Waals surface area contributed by atoms with Crippen LogP contribution < -0.4 is 0 Å². The molecule has 0 fully saturated rings. The highest BCUT2D eigenvalue weighted by Gasteiger charge is 2.36. The number of carbonyl (C=O) groups is 1. The van der Waals surface area contributed by atoms with Gasteiger partial charge in [-0.15, -0.1) is 0 Å². The fourth-order valence-electron chi connectivity index (χ4n) is 1.54. The molecule has 0 bridgehead atoms. The monoisotopic (exact) mass is 328 g/mol. The summed E-state index contributed by atoms with van der Waals surface area (Å²) in [6.07, 6.45) is -7.96. The number of thioether (sulfide) groups is 1. The van der Waals surface area contributed by atoms with Gasteiger partial charge in [-0.3, -0.25) is 4.79 Å². The highest BCUT2D eigenvalue weighted by molar-refractivity contribution is 8.13. The molecule has 2 unspecified atom stereocenters. The Kier molecular flexibility index (Phi) is 5.88. The van der Waals surface area contributed by atoms with Crippen LogP contribution in [0.4, 0.5) is 13.2 Å². The number of hydrogen-bond acceptors (Lipinski definition) is 4. The SMILES string of the molecule is CC(=O)SCC(O)C(O)c1cc(Cl)ccc1C(F)(F)F. The smallest absolute Gasteiger partial charge is 0.389 e. The van der Waals surface area contributed by atoms with Gasteiger partial charge in [0.25, 0.3) is 0 Å². The molecule has 0 spiro atoms. The zero-order valence-electron chi connectivity index (χ0n) is 10.3. The van der Waals surface area contributed by atoms with Gasteiger partial charge in [-0.1, -0.05) is 23.4 Å². The van der Waals surface area contributed by atoms with E-state index in [0.29, 0.717) is 11.8 Å². The summed E-state index contributed by atoms with van der Waals surface area (Å²) < 4.78 is 38.5.